The van der Waals surface area contributed by atoms with Gasteiger partial charge in [-0.3, -0.25) is 0 Å². The first-order valence-corrected chi connectivity index (χ1v) is 7.06. The maximum absolute atomic E-state index is 12.3. The van der Waals surface area contributed by atoms with Crippen molar-refractivity contribution in [1.29, 1.82) is 5.26 Å². The van der Waals surface area contributed by atoms with Crippen LogP contribution in [0.15, 0.2) is 33.6 Å². The second-order valence-corrected chi connectivity index (χ2v) is 6.41. The highest BCUT2D eigenvalue weighted by Crippen LogP contribution is 2.28. The Bertz CT molecular complexity index is 560. The summed E-state index contributed by atoms with van der Waals surface area (Å²) in [4.78, 5) is -0.241. The molecule has 0 heterocycles. The standard InChI is InChI=1S/C10H7BrF3NO2S/c11-8-1-3-9(4-2-8)18(16,17)6-7(5-15)10(12,13)14/h1-4,7H,6H2. The lowest BCUT2D eigenvalue weighted by atomic mass is 10.2. The van der Waals surface area contributed by atoms with E-state index in [2.05, 4.69) is 15.9 Å². The van der Waals surface area contributed by atoms with Crippen molar-refractivity contribution in [2.75, 3.05) is 5.75 Å². The summed E-state index contributed by atoms with van der Waals surface area (Å²) in [6, 6.07) is 6.14. The third-order valence-corrected chi connectivity index (χ3v) is 4.40. The number of alkyl halides is 3. The van der Waals surface area contributed by atoms with Crippen LogP contribution in [0.5, 0.6) is 0 Å². The van der Waals surface area contributed by atoms with Crippen LogP contribution in [0.2, 0.25) is 0 Å². The predicted octanol–water partition coefficient (Wildman–Crippen LogP) is 2.92. The molecule has 0 fully saturated rings. The van der Waals surface area contributed by atoms with Crippen LogP contribution in [-0.2, 0) is 9.84 Å². The van der Waals surface area contributed by atoms with Crippen LogP contribution in [0.3, 0.4) is 0 Å². The van der Waals surface area contributed by atoms with Crippen LogP contribution in [-0.4, -0.2) is 20.3 Å². The van der Waals surface area contributed by atoms with Gasteiger partial charge in [-0.25, -0.2) is 8.42 Å². The van der Waals surface area contributed by atoms with E-state index in [0.29, 0.717) is 4.47 Å². The molecule has 1 aromatic carbocycles. The molecule has 1 aromatic rings. The molecule has 0 spiro atoms. The molecular formula is C10H7BrF3NO2S. The van der Waals surface area contributed by atoms with E-state index >= 15 is 0 Å². The monoisotopic (exact) mass is 341 g/mol. The summed E-state index contributed by atoms with van der Waals surface area (Å²) in [5, 5.41) is 8.37. The lowest BCUT2D eigenvalue weighted by Crippen LogP contribution is -2.28. The maximum atomic E-state index is 12.3. The van der Waals surface area contributed by atoms with Gasteiger partial charge in [0.1, 0.15) is 0 Å². The van der Waals surface area contributed by atoms with Crippen LogP contribution in [0.1, 0.15) is 0 Å². The van der Waals surface area contributed by atoms with Crippen molar-refractivity contribution >= 4 is 25.8 Å². The number of hydrogen-bond donors (Lipinski definition) is 0. The van der Waals surface area contributed by atoms with Crippen molar-refractivity contribution in [3.8, 4) is 6.07 Å². The summed E-state index contributed by atoms with van der Waals surface area (Å²) in [5.41, 5.74) is 0. The van der Waals surface area contributed by atoms with Crippen LogP contribution >= 0.6 is 15.9 Å². The number of halogens is 4. The Labute approximate surface area is 110 Å². The Morgan fingerprint density at radius 2 is 1.78 bits per heavy atom. The number of benzene rings is 1. The van der Waals surface area contributed by atoms with E-state index in [4.69, 9.17) is 5.26 Å². The molecule has 0 N–H and O–H groups in total. The molecule has 0 saturated heterocycles. The molecule has 0 saturated carbocycles. The van der Waals surface area contributed by atoms with Crippen LogP contribution in [0, 0.1) is 17.2 Å². The maximum Gasteiger partial charge on any atom is 0.405 e. The summed E-state index contributed by atoms with van der Waals surface area (Å²) >= 11 is 3.08. The van der Waals surface area contributed by atoms with Crippen molar-refractivity contribution in [3.63, 3.8) is 0 Å². The fourth-order valence-corrected chi connectivity index (χ4v) is 2.87. The largest absolute Gasteiger partial charge is 0.405 e. The van der Waals surface area contributed by atoms with Gasteiger partial charge in [-0.2, -0.15) is 18.4 Å². The Kier molecular flexibility index (Phi) is 4.40. The van der Waals surface area contributed by atoms with Crippen LogP contribution in [0.25, 0.3) is 0 Å². The summed E-state index contributed by atoms with van der Waals surface area (Å²) < 4.78 is 61.0. The summed E-state index contributed by atoms with van der Waals surface area (Å²) in [5.74, 6) is -3.79. The van der Waals surface area contributed by atoms with Gasteiger partial charge < -0.3 is 0 Å². The van der Waals surface area contributed by atoms with Crippen molar-refractivity contribution in [1.82, 2.24) is 0 Å². The normalized spacial score (nSPS) is 13.9. The first-order chi connectivity index (χ1) is 8.16. The summed E-state index contributed by atoms with van der Waals surface area (Å²) in [6.45, 7) is 0. The highest BCUT2D eigenvalue weighted by molar-refractivity contribution is 9.10. The number of hydrogen-bond acceptors (Lipinski definition) is 3. The number of nitriles is 1. The molecule has 0 amide bonds. The van der Waals surface area contributed by atoms with E-state index in [1.165, 1.54) is 24.3 Å². The molecule has 18 heavy (non-hydrogen) atoms. The van der Waals surface area contributed by atoms with E-state index < -0.39 is 27.7 Å². The van der Waals surface area contributed by atoms with Gasteiger partial charge in [0.2, 0.25) is 0 Å². The van der Waals surface area contributed by atoms with E-state index in [9.17, 15) is 21.6 Å². The molecule has 0 aliphatic rings. The van der Waals surface area contributed by atoms with Gasteiger partial charge in [0, 0.05) is 4.47 Å². The molecule has 3 nitrogen and oxygen atoms in total. The van der Waals surface area contributed by atoms with Gasteiger partial charge in [0.25, 0.3) is 0 Å². The van der Waals surface area contributed by atoms with Gasteiger partial charge in [-0.05, 0) is 24.3 Å². The first kappa shape index (κ1) is 15.0. The Balaban J connectivity index is 3.03. The molecule has 0 aliphatic carbocycles. The predicted molar refractivity (Wildman–Crippen MR) is 61.4 cm³/mol. The minimum atomic E-state index is -4.85. The fourth-order valence-electron chi connectivity index (χ4n) is 1.16. The average Bonchev–Trinajstić information content (AvgIpc) is 2.25. The topological polar surface area (TPSA) is 57.9 Å². The van der Waals surface area contributed by atoms with Crippen molar-refractivity contribution in [3.05, 3.63) is 28.7 Å². The Morgan fingerprint density at radius 3 is 2.17 bits per heavy atom. The van der Waals surface area contributed by atoms with E-state index in [1.807, 2.05) is 0 Å². The average molecular weight is 342 g/mol. The molecule has 1 unspecified atom stereocenters. The number of sulfone groups is 1. The van der Waals surface area contributed by atoms with Crippen LogP contribution in [0.4, 0.5) is 13.2 Å². The molecule has 0 aliphatic heterocycles. The second kappa shape index (κ2) is 5.28. The quantitative estimate of drug-likeness (QED) is 0.849. The third kappa shape index (κ3) is 3.71. The molecule has 1 rings (SSSR count). The molecule has 0 aromatic heterocycles. The fraction of sp³-hybridized carbons (Fsp3) is 0.300. The van der Waals surface area contributed by atoms with Crippen LogP contribution < -0.4 is 0 Å². The van der Waals surface area contributed by atoms with Crippen molar-refractivity contribution in [2.45, 2.75) is 11.1 Å². The molecule has 0 radical (unpaired) electrons. The SMILES string of the molecule is N#CC(CS(=O)(=O)c1ccc(Br)cc1)C(F)(F)F. The Morgan fingerprint density at radius 1 is 1.28 bits per heavy atom. The Hall–Kier alpha value is -1.07. The van der Waals surface area contributed by atoms with Crippen molar-refractivity contribution < 1.29 is 21.6 Å². The minimum Gasteiger partial charge on any atom is -0.224 e. The second-order valence-electron chi connectivity index (χ2n) is 3.46. The van der Waals surface area contributed by atoms with E-state index in [1.54, 1.807) is 0 Å². The van der Waals surface area contributed by atoms with E-state index in [-0.39, 0.29) is 4.90 Å². The smallest absolute Gasteiger partial charge is 0.224 e. The lowest BCUT2D eigenvalue weighted by Gasteiger charge is -2.13. The highest BCUT2D eigenvalue weighted by atomic mass is 79.9. The zero-order chi connectivity index (χ0) is 14.0. The van der Waals surface area contributed by atoms with Gasteiger partial charge in [0.15, 0.2) is 15.8 Å². The summed E-state index contributed by atoms with van der Waals surface area (Å²) in [7, 11) is -4.13. The third-order valence-electron chi connectivity index (χ3n) is 2.11. The molecule has 1 atom stereocenters. The van der Waals surface area contributed by atoms with Gasteiger partial charge in [-0.15, -0.1) is 0 Å². The molecule has 8 heteroatoms. The van der Waals surface area contributed by atoms with Gasteiger partial charge in [0.05, 0.1) is 16.7 Å². The van der Waals surface area contributed by atoms with Gasteiger partial charge >= 0.3 is 6.18 Å². The number of nitrogens with zero attached hydrogens (tertiary/aromatic N) is 1. The molecule has 0 bridgehead atoms. The van der Waals surface area contributed by atoms with Crippen molar-refractivity contribution in [2.24, 2.45) is 5.92 Å². The molecule has 98 valence electrons. The zero-order valence-corrected chi connectivity index (χ0v) is 11.2. The first-order valence-electron chi connectivity index (χ1n) is 4.61. The minimum absolute atomic E-state index is 0.241. The molecular weight excluding hydrogens is 335 g/mol. The summed E-state index contributed by atoms with van der Waals surface area (Å²) in [6.07, 6.45) is -4.85. The zero-order valence-electron chi connectivity index (χ0n) is 8.78. The lowest BCUT2D eigenvalue weighted by molar-refractivity contribution is -0.153. The number of rotatable bonds is 3. The highest BCUT2D eigenvalue weighted by Gasteiger charge is 2.43. The van der Waals surface area contributed by atoms with E-state index in [0.717, 1.165) is 6.07 Å². The van der Waals surface area contributed by atoms with Gasteiger partial charge in [-0.1, -0.05) is 15.9 Å².